The maximum absolute atomic E-state index is 2.41. The molecule has 0 radical (unpaired) electrons. The fourth-order valence-electron chi connectivity index (χ4n) is 3.35. The molecule has 0 saturated carbocycles. The molecule has 0 saturated heterocycles. The molecule has 124 valence electrons. The third-order valence-electron chi connectivity index (χ3n) is 5.79. The normalized spacial score (nSPS) is 25.0. The van der Waals surface area contributed by atoms with E-state index >= 15 is 0 Å². The molecule has 2 aliphatic carbocycles. The van der Waals surface area contributed by atoms with Gasteiger partial charge in [-0.2, -0.15) is 0 Å². The van der Waals surface area contributed by atoms with Gasteiger partial charge in [0.2, 0.25) is 0 Å². The van der Waals surface area contributed by atoms with Gasteiger partial charge in [0.1, 0.15) is 0 Å². The van der Waals surface area contributed by atoms with Gasteiger partial charge in [-0.25, -0.2) is 0 Å². The Bertz CT molecular complexity index is 575. The number of hydrogen-bond donors (Lipinski definition) is 0. The first-order chi connectivity index (χ1) is 9.44. The molecule has 0 bridgehead atoms. The van der Waals surface area contributed by atoms with Crippen molar-refractivity contribution in [3.8, 4) is 0 Å². The Kier molecular flexibility index (Phi) is 4.70. The van der Waals surface area contributed by atoms with Crippen molar-refractivity contribution in [2.24, 2.45) is 10.8 Å². The Labute approximate surface area is 155 Å². The zero-order chi connectivity index (χ0) is 16.3. The number of allylic oxidation sites excluding steroid dienone is 8. The molecule has 21 heavy (non-hydrogen) atoms. The van der Waals surface area contributed by atoms with Crippen molar-refractivity contribution in [3.63, 3.8) is 0 Å². The van der Waals surface area contributed by atoms with Gasteiger partial charge in [0.15, 0.2) is 0 Å². The SMILES string of the molecule is CC1=C(C)C(C)(C)[C]([Yb][C]2=C(C)C(C)=C(C)C2(C)C)=C1C. The summed E-state index contributed by atoms with van der Waals surface area (Å²) >= 11 is 0.519. The molecule has 0 spiro atoms. The van der Waals surface area contributed by atoms with Crippen LogP contribution in [0.15, 0.2) is 34.1 Å². The van der Waals surface area contributed by atoms with Crippen LogP contribution in [0.2, 0.25) is 0 Å². The first-order valence-electron chi connectivity index (χ1n) is 7.77. The van der Waals surface area contributed by atoms with Crippen LogP contribution in [0.1, 0.15) is 69.2 Å². The van der Waals surface area contributed by atoms with Crippen LogP contribution in [0.3, 0.4) is 0 Å². The van der Waals surface area contributed by atoms with E-state index in [0.29, 0.717) is 42.4 Å². The van der Waals surface area contributed by atoms with Gasteiger partial charge in [-0.05, 0) is 0 Å². The molecule has 0 aliphatic heterocycles. The van der Waals surface area contributed by atoms with Crippen LogP contribution in [-0.2, 0) is 0 Å². The van der Waals surface area contributed by atoms with Gasteiger partial charge >= 0.3 is 157 Å². The predicted octanol–water partition coefficient (Wildman–Crippen LogP) is 6.37. The summed E-state index contributed by atoms with van der Waals surface area (Å²) < 4.78 is 3.37. The van der Waals surface area contributed by atoms with Gasteiger partial charge in [-0.1, -0.05) is 0 Å². The van der Waals surface area contributed by atoms with Crippen LogP contribution < -0.4 is 0 Å². The summed E-state index contributed by atoms with van der Waals surface area (Å²) in [7, 11) is 0. The summed E-state index contributed by atoms with van der Waals surface area (Å²) in [5, 5.41) is 0. The van der Waals surface area contributed by atoms with Gasteiger partial charge in [-0.15, -0.1) is 0 Å². The maximum atomic E-state index is 2.41. The van der Waals surface area contributed by atoms with Crippen molar-refractivity contribution in [2.75, 3.05) is 0 Å². The molecule has 0 heterocycles. The van der Waals surface area contributed by atoms with Crippen LogP contribution in [0, 0.1) is 53.2 Å². The molecule has 0 unspecified atom stereocenters. The molecule has 1 heteroatoms. The van der Waals surface area contributed by atoms with Crippen LogP contribution in [0.5, 0.6) is 0 Å². The standard InChI is InChI=1S/2C10H15.Yb/c2*1-7-6-10(4,5)9(3)8(7)2;/h2*1-5H3;. The van der Waals surface area contributed by atoms with Crippen molar-refractivity contribution in [3.05, 3.63) is 34.1 Å². The minimum absolute atomic E-state index is 0.235. The zero-order valence-electron chi connectivity index (χ0n) is 15.3. The van der Waals surface area contributed by atoms with Crippen LogP contribution in [0.4, 0.5) is 0 Å². The van der Waals surface area contributed by atoms with E-state index < -0.39 is 0 Å². The first-order valence-corrected chi connectivity index (χ1v) is 9.48. The molecule has 2 rings (SSSR count). The van der Waals surface area contributed by atoms with E-state index in [4.69, 9.17) is 0 Å². The topological polar surface area (TPSA) is 0 Å². The van der Waals surface area contributed by atoms with E-state index in [1.54, 1.807) is 23.0 Å². The number of rotatable bonds is 2. The third kappa shape index (κ3) is 2.54. The third-order valence-corrected chi connectivity index (χ3v) is 10.1. The summed E-state index contributed by atoms with van der Waals surface area (Å²) in [4.78, 5) is 0. The Morgan fingerprint density at radius 2 is 0.810 bits per heavy atom. The van der Waals surface area contributed by atoms with E-state index in [9.17, 15) is 0 Å². The van der Waals surface area contributed by atoms with Crippen molar-refractivity contribution in [1.29, 1.82) is 0 Å². The minimum atomic E-state index is 0.235. The summed E-state index contributed by atoms with van der Waals surface area (Å²) in [6, 6.07) is 0. The second-order valence-corrected chi connectivity index (χ2v) is 9.73. The van der Waals surface area contributed by atoms with E-state index in [1.807, 2.05) is 0 Å². The molecule has 2 aliphatic rings. The van der Waals surface area contributed by atoms with Crippen molar-refractivity contribution >= 4 is 0 Å². The van der Waals surface area contributed by atoms with Crippen LogP contribution in [0.25, 0.3) is 0 Å². The average molecular weight is 444 g/mol. The van der Waals surface area contributed by atoms with Crippen molar-refractivity contribution < 1.29 is 42.4 Å². The van der Waals surface area contributed by atoms with Gasteiger partial charge in [0.05, 0.1) is 0 Å². The molecular weight excluding hydrogens is 413 g/mol. The van der Waals surface area contributed by atoms with Crippen LogP contribution in [-0.4, -0.2) is 0 Å². The molecule has 0 N–H and O–H groups in total. The molecule has 0 aromatic carbocycles. The summed E-state index contributed by atoms with van der Waals surface area (Å²) in [6.07, 6.45) is 0. The monoisotopic (exact) mass is 444 g/mol. The fourth-order valence-corrected chi connectivity index (χ4v) is 6.78. The van der Waals surface area contributed by atoms with Gasteiger partial charge < -0.3 is 0 Å². The van der Waals surface area contributed by atoms with E-state index in [2.05, 4.69) is 69.2 Å². The Morgan fingerprint density at radius 1 is 0.524 bits per heavy atom. The van der Waals surface area contributed by atoms with Gasteiger partial charge in [0.25, 0.3) is 0 Å². The summed E-state index contributed by atoms with van der Waals surface area (Å²) in [5.74, 6) is 0. The van der Waals surface area contributed by atoms with E-state index in [-0.39, 0.29) is 10.8 Å². The van der Waals surface area contributed by atoms with Gasteiger partial charge in [0, 0.05) is 0 Å². The second kappa shape index (κ2) is 5.53. The van der Waals surface area contributed by atoms with Crippen molar-refractivity contribution in [2.45, 2.75) is 69.2 Å². The Hall–Kier alpha value is 0.479. The molecule has 0 aromatic rings. The first kappa shape index (κ1) is 17.8. The van der Waals surface area contributed by atoms with E-state index in [0.717, 1.165) is 0 Å². The summed E-state index contributed by atoms with van der Waals surface area (Å²) in [6.45, 7) is 23.5. The zero-order valence-corrected chi connectivity index (χ0v) is 17.0. The number of hydrogen-bond acceptors (Lipinski definition) is 0. The molecular formula is C20H30Yb. The fraction of sp³-hybridized carbons (Fsp3) is 0.600. The Morgan fingerprint density at radius 3 is 1.00 bits per heavy atom. The Balaban J connectivity index is 2.47. The molecule has 0 aromatic heterocycles. The van der Waals surface area contributed by atoms with Crippen molar-refractivity contribution in [1.82, 2.24) is 0 Å². The molecule has 0 nitrogen and oxygen atoms in total. The molecule has 0 fully saturated rings. The molecule has 0 atom stereocenters. The second-order valence-electron chi connectivity index (χ2n) is 7.58. The van der Waals surface area contributed by atoms with E-state index in [1.165, 1.54) is 11.1 Å². The van der Waals surface area contributed by atoms with Crippen LogP contribution >= 0.6 is 0 Å². The molecule has 0 amide bonds. The summed E-state index contributed by atoms with van der Waals surface area (Å²) in [5.41, 5.74) is 9.73. The predicted molar refractivity (Wildman–Crippen MR) is 89.7 cm³/mol. The average Bonchev–Trinajstić information content (AvgIpc) is 2.63. The quantitative estimate of drug-likeness (QED) is 0.465. The van der Waals surface area contributed by atoms with Gasteiger partial charge in [-0.3, -0.25) is 0 Å².